The molecule has 1 unspecified atom stereocenters. The van der Waals surface area contributed by atoms with Crippen LogP contribution in [0, 0.1) is 0 Å². The quantitative estimate of drug-likeness (QED) is 0.851. The second-order valence-electron chi connectivity index (χ2n) is 3.97. The maximum absolute atomic E-state index is 12.3. The number of rotatable bonds is 6. The summed E-state index contributed by atoms with van der Waals surface area (Å²) < 4.78 is 0. The first-order valence-corrected chi connectivity index (χ1v) is 7.29. The smallest absolute Gasteiger partial charge is 0.274 e. The molecule has 100 valence electrons. The highest BCUT2D eigenvalue weighted by molar-refractivity contribution is 7.98. The molecule has 1 atom stereocenters. The molecule has 0 radical (unpaired) electrons. The second-order valence-corrected chi connectivity index (χ2v) is 4.88. The molecule has 0 aliphatic rings. The van der Waals surface area contributed by atoms with Crippen LogP contribution in [0.4, 0.5) is 5.82 Å². The molecule has 1 heterocycles. The van der Waals surface area contributed by atoms with Crippen molar-refractivity contribution in [3.8, 4) is 0 Å². The van der Waals surface area contributed by atoms with E-state index in [4.69, 9.17) is 0 Å². The molecular formula is C12H20N4OS. The number of carbonyl (C=O) groups is 1. The van der Waals surface area contributed by atoms with Crippen molar-refractivity contribution < 1.29 is 4.79 Å². The molecular weight excluding hydrogens is 248 g/mol. The monoisotopic (exact) mass is 268 g/mol. The summed E-state index contributed by atoms with van der Waals surface area (Å²) in [5, 5.41) is 2.88. The summed E-state index contributed by atoms with van der Waals surface area (Å²) in [5.41, 5.74) is 0.379. The Bertz CT molecular complexity index is 399. The summed E-state index contributed by atoms with van der Waals surface area (Å²) in [6.45, 7) is 2.08. The Morgan fingerprint density at radius 3 is 2.83 bits per heavy atom. The van der Waals surface area contributed by atoms with Crippen molar-refractivity contribution in [2.75, 3.05) is 31.4 Å². The van der Waals surface area contributed by atoms with Crippen molar-refractivity contribution >= 4 is 23.5 Å². The molecule has 0 saturated heterocycles. The predicted molar refractivity (Wildman–Crippen MR) is 76.1 cm³/mol. The van der Waals surface area contributed by atoms with E-state index in [0.29, 0.717) is 11.5 Å². The normalized spacial score (nSPS) is 12.0. The lowest BCUT2D eigenvalue weighted by Gasteiger charge is -2.26. The van der Waals surface area contributed by atoms with E-state index in [2.05, 4.69) is 22.2 Å². The van der Waals surface area contributed by atoms with Gasteiger partial charge in [0, 0.05) is 25.9 Å². The fraction of sp³-hybridized carbons (Fsp3) is 0.583. The number of nitrogens with one attached hydrogen (secondary N) is 1. The fourth-order valence-electron chi connectivity index (χ4n) is 1.63. The molecule has 0 fully saturated rings. The zero-order valence-electron chi connectivity index (χ0n) is 11.3. The fourth-order valence-corrected chi connectivity index (χ4v) is 2.48. The van der Waals surface area contributed by atoms with E-state index >= 15 is 0 Å². The van der Waals surface area contributed by atoms with Crippen LogP contribution in [-0.2, 0) is 0 Å². The molecule has 6 heteroatoms. The Morgan fingerprint density at radius 1 is 1.56 bits per heavy atom. The number of nitrogens with zero attached hydrogens (tertiary/aromatic N) is 3. The van der Waals surface area contributed by atoms with Crippen molar-refractivity contribution in [1.29, 1.82) is 0 Å². The number of aromatic nitrogens is 2. The molecule has 1 amide bonds. The van der Waals surface area contributed by atoms with Crippen molar-refractivity contribution in [2.24, 2.45) is 0 Å². The second kappa shape index (κ2) is 7.20. The van der Waals surface area contributed by atoms with Crippen molar-refractivity contribution in [3.05, 3.63) is 18.1 Å². The molecule has 1 aromatic heterocycles. The van der Waals surface area contributed by atoms with Crippen LogP contribution in [0.25, 0.3) is 0 Å². The first-order chi connectivity index (χ1) is 8.63. The van der Waals surface area contributed by atoms with E-state index in [1.54, 1.807) is 29.9 Å². The lowest BCUT2D eigenvalue weighted by atomic mass is 10.2. The van der Waals surface area contributed by atoms with E-state index in [9.17, 15) is 4.79 Å². The van der Waals surface area contributed by atoms with Gasteiger partial charge in [-0.05, 0) is 12.7 Å². The van der Waals surface area contributed by atoms with Gasteiger partial charge in [0.1, 0.15) is 11.5 Å². The number of thioether (sulfide) groups is 1. The minimum Gasteiger partial charge on any atom is -0.372 e. The maximum atomic E-state index is 12.3. The van der Waals surface area contributed by atoms with Gasteiger partial charge < -0.3 is 10.2 Å². The minimum absolute atomic E-state index is 0.0829. The summed E-state index contributed by atoms with van der Waals surface area (Å²) in [5.74, 6) is 1.45. The van der Waals surface area contributed by atoms with E-state index < -0.39 is 0 Å². The Labute approximate surface area is 112 Å². The molecule has 0 aliphatic carbocycles. The van der Waals surface area contributed by atoms with Crippen molar-refractivity contribution in [2.45, 2.75) is 19.4 Å². The Balaban J connectivity index is 2.84. The Hall–Kier alpha value is -1.30. The third-order valence-corrected chi connectivity index (χ3v) is 3.53. The molecule has 0 spiro atoms. The van der Waals surface area contributed by atoms with Crippen LogP contribution >= 0.6 is 11.8 Å². The van der Waals surface area contributed by atoms with Crippen molar-refractivity contribution in [1.82, 2.24) is 14.9 Å². The van der Waals surface area contributed by atoms with Gasteiger partial charge in [-0.2, -0.15) is 11.8 Å². The highest BCUT2D eigenvalue weighted by Crippen LogP contribution is 2.12. The summed E-state index contributed by atoms with van der Waals surface area (Å²) in [7, 11) is 3.57. The molecule has 1 N–H and O–H groups in total. The van der Waals surface area contributed by atoms with Gasteiger partial charge in [-0.3, -0.25) is 9.78 Å². The van der Waals surface area contributed by atoms with Crippen LogP contribution in [0.2, 0.25) is 0 Å². The molecule has 1 aromatic rings. The van der Waals surface area contributed by atoms with E-state index in [-0.39, 0.29) is 11.9 Å². The van der Waals surface area contributed by atoms with E-state index in [1.807, 2.05) is 13.3 Å². The number of amides is 1. The summed E-state index contributed by atoms with van der Waals surface area (Å²) in [6.07, 6.45) is 6.08. The van der Waals surface area contributed by atoms with Gasteiger partial charge in [0.2, 0.25) is 0 Å². The topological polar surface area (TPSA) is 58.1 Å². The first kappa shape index (κ1) is 14.8. The minimum atomic E-state index is -0.0829. The lowest BCUT2D eigenvalue weighted by Crippen LogP contribution is -2.38. The highest BCUT2D eigenvalue weighted by atomic mass is 32.2. The average molecular weight is 268 g/mol. The van der Waals surface area contributed by atoms with E-state index in [0.717, 1.165) is 12.2 Å². The number of anilines is 1. The predicted octanol–water partition coefficient (Wildman–Crippen LogP) is 1.73. The SMILES string of the molecule is CCC(CSC)N(C)C(=O)c1cncc(NC)n1. The molecule has 0 saturated carbocycles. The van der Waals surface area contributed by atoms with Crippen LogP contribution in [0.5, 0.6) is 0 Å². The van der Waals surface area contributed by atoms with Gasteiger partial charge in [-0.15, -0.1) is 0 Å². The Kier molecular flexibility index (Phi) is 5.91. The Morgan fingerprint density at radius 2 is 2.28 bits per heavy atom. The highest BCUT2D eigenvalue weighted by Gasteiger charge is 2.20. The number of hydrogen-bond acceptors (Lipinski definition) is 5. The van der Waals surface area contributed by atoms with Crippen molar-refractivity contribution in [3.63, 3.8) is 0 Å². The summed E-state index contributed by atoms with van der Waals surface area (Å²) in [4.78, 5) is 22.3. The van der Waals surface area contributed by atoms with Crippen LogP contribution in [0.1, 0.15) is 23.8 Å². The molecule has 0 bridgehead atoms. The number of carbonyl (C=O) groups excluding carboxylic acids is 1. The van der Waals surface area contributed by atoms with Gasteiger partial charge in [0.05, 0.1) is 12.4 Å². The van der Waals surface area contributed by atoms with Gasteiger partial charge in [-0.25, -0.2) is 4.98 Å². The molecule has 5 nitrogen and oxygen atoms in total. The van der Waals surface area contributed by atoms with Crippen LogP contribution in [0.3, 0.4) is 0 Å². The van der Waals surface area contributed by atoms with Crippen LogP contribution in [0.15, 0.2) is 12.4 Å². The molecule has 0 aliphatic heterocycles. The van der Waals surface area contributed by atoms with Gasteiger partial charge >= 0.3 is 0 Å². The molecule has 1 rings (SSSR count). The average Bonchev–Trinajstić information content (AvgIpc) is 2.43. The largest absolute Gasteiger partial charge is 0.372 e. The number of hydrogen-bond donors (Lipinski definition) is 1. The molecule has 0 aromatic carbocycles. The lowest BCUT2D eigenvalue weighted by molar-refractivity contribution is 0.0737. The van der Waals surface area contributed by atoms with Crippen LogP contribution in [-0.4, -0.2) is 52.9 Å². The first-order valence-electron chi connectivity index (χ1n) is 5.89. The third-order valence-electron chi connectivity index (χ3n) is 2.81. The van der Waals surface area contributed by atoms with E-state index in [1.165, 1.54) is 6.20 Å². The van der Waals surface area contributed by atoms with Gasteiger partial charge in [0.25, 0.3) is 5.91 Å². The summed E-state index contributed by atoms with van der Waals surface area (Å²) >= 11 is 1.74. The zero-order chi connectivity index (χ0) is 13.5. The van der Waals surface area contributed by atoms with Crippen LogP contribution < -0.4 is 5.32 Å². The standard InChI is InChI=1S/C12H20N4OS/c1-5-9(8-18-4)16(3)12(17)10-6-14-7-11(13-2)15-10/h6-7,9H,5,8H2,1-4H3,(H,13,15). The maximum Gasteiger partial charge on any atom is 0.274 e. The third kappa shape index (κ3) is 3.60. The van der Waals surface area contributed by atoms with Gasteiger partial charge in [0.15, 0.2) is 0 Å². The summed E-state index contributed by atoms with van der Waals surface area (Å²) in [6, 6.07) is 0.229. The molecule has 18 heavy (non-hydrogen) atoms. The zero-order valence-corrected chi connectivity index (χ0v) is 12.1. The van der Waals surface area contributed by atoms with Gasteiger partial charge in [-0.1, -0.05) is 6.92 Å².